The number of esters is 2. The Morgan fingerprint density at radius 1 is 1.30 bits per heavy atom. The number of methoxy groups -OCH3 is 1. The molecule has 0 aromatic carbocycles. The number of anilines is 1. The average molecular weight is 391 g/mol. The first-order valence-corrected chi connectivity index (χ1v) is 8.98. The number of rotatable bonds is 6. The van der Waals surface area contributed by atoms with Crippen LogP contribution < -0.4 is 5.32 Å². The molecule has 0 bridgehead atoms. The molecule has 0 spiro atoms. The van der Waals surface area contributed by atoms with Crippen molar-refractivity contribution in [3.8, 4) is 0 Å². The van der Waals surface area contributed by atoms with E-state index >= 15 is 0 Å². The molecule has 9 heteroatoms. The molecule has 0 aliphatic heterocycles. The van der Waals surface area contributed by atoms with Crippen LogP contribution in [0.1, 0.15) is 43.8 Å². The van der Waals surface area contributed by atoms with Gasteiger partial charge in [0.25, 0.3) is 0 Å². The van der Waals surface area contributed by atoms with E-state index in [9.17, 15) is 14.4 Å². The van der Waals surface area contributed by atoms with Gasteiger partial charge in [-0.1, -0.05) is 0 Å². The predicted octanol–water partition coefficient (Wildman–Crippen LogP) is 2.71. The minimum absolute atomic E-state index is 0.143. The van der Waals surface area contributed by atoms with Crippen molar-refractivity contribution in [3.63, 3.8) is 0 Å². The highest BCUT2D eigenvalue weighted by atomic mass is 32.1. The van der Waals surface area contributed by atoms with Crippen molar-refractivity contribution >= 4 is 40.3 Å². The average Bonchev–Trinajstić information content (AvgIpc) is 3.12. The van der Waals surface area contributed by atoms with Crippen molar-refractivity contribution in [3.05, 3.63) is 39.5 Å². The molecule has 2 rings (SSSR count). The van der Waals surface area contributed by atoms with Crippen LogP contribution in [0.15, 0.2) is 12.3 Å². The van der Waals surface area contributed by atoms with Gasteiger partial charge < -0.3 is 14.8 Å². The first-order valence-electron chi connectivity index (χ1n) is 8.16. The van der Waals surface area contributed by atoms with Crippen LogP contribution in [0.5, 0.6) is 0 Å². The summed E-state index contributed by atoms with van der Waals surface area (Å²) in [5.41, 5.74) is 2.26. The van der Waals surface area contributed by atoms with Gasteiger partial charge in [-0.2, -0.15) is 5.10 Å². The Morgan fingerprint density at radius 2 is 2.00 bits per heavy atom. The summed E-state index contributed by atoms with van der Waals surface area (Å²) in [4.78, 5) is 36.7. The van der Waals surface area contributed by atoms with E-state index in [-0.39, 0.29) is 22.0 Å². The van der Waals surface area contributed by atoms with Gasteiger partial charge in [-0.3, -0.25) is 9.48 Å². The minimum Gasteiger partial charge on any atom is -0.465 e. The zero-order valence-electron chi connectivity index (χ0n) is 15.8. The molecule has 0 unspecified atom stereocenters. The van der Waals surface area contributed by atoms with Crippen molar-refractivity contribution in [1.29, 1.82) is 0 Å². The van der Waals surface area contributed by atoms with Gasteiger partial charge in [0.2, 0.25) is 5.91 Å². The van der Waals surface area contributed by atoms with E-state index < -0.39 is 17.8 Å². The van der Waals surface area contributed by atoms with E-state index in [0.717, 1.165) is 22.6 Å². The second-order valence-corrected chi connectivity index (χ2v) is 6.62. The number of carbonyl (C=O) groups excluding carboxylic acids is 3. The SMILES string of the molecule is CCOC(=O)c1sc(NC(=O)C=Cc2cnn(C)c2C)c(C(=O)OC)c1C. The van der Waals surface area contributed by atoms with Crippen LogP contribution in [-0.2, 0) is 21.3 Å². The molecular formula is C18H21N3O5S. The van der Waals surface area contributed by atoms with Crippen LogP contribution in [0.4, 0.5) is 5.00 Å². The number of nitrogens with one attached hydrogen (secondary N) is 1. The minimum atomic E-state index is -0.637. The van der Waals surface area contributed by atoms with Crippen LogP contribution in [0.25, 0.3) is 6.08 Å². The number of thiophene rings is 1. The van der Waals surface area contributed by atoms with Crippen LogP contribution in [0.2, 0.25) is 0 Å². The normalized spacial score (nSPS) is 10.9. The zero-order valence-corrected chi connectivity index (χ0v) is 16.6. The fraction of sp³-hybridized carbons (Fsp3) is 0.333. The molecule has 2 aromatic rings. The van der Waals surface area contributed by atoms with Gasteiger partial charge in [0.05, 0.1) is 25.5 Å². The molecule has 1 amide bonds. The van der Waals surface area contributed by atoms with Gasteiger partial charge in [-0.05, 0) is 32.4 Å². The second kappa shape index (κ2) is 8.63. The summed E-state index contributed by atoms with van der Waals surface area (Å²) in [6.07, 6.45) is 4.61. The molecule has 0 fully saturated rings. The molecule has 0 radical (unpaired) electrons. The number of amides is 1. The third-order valence-corrected chi connectivity index (χ3v) is 5.11. The molecular weight excluding hydrogens is 370 g/mol. The van der Waals surface area contributed by atoms with Gasteiger partial charge >= 0.3 is 11.9 Å². The third kappa shape index (κ3) is 4.43. The van der Waals surface area contributed by atoms with Crippen LogP contribution in [0.3, 0.4) is 0 Å². The summed E-state index contributed by atoms with van der Waals surface area (Å²) in [6.45, 7) is 5.39. The monoisotopic (exact) mass is 391 g/mol. The number of ether oxygens (including phenoxy) is 2. The number of aromatic nitrogens is 2. The van der Waals surface area contributed by atoms with Gasteiger partial charge in [0.15, 0.2) is 0 Å². The summed E-state index contributed by atoms with van der Waals surface area (Å²) in [5, 5.41) is 6.97. The fourth-order valence-corrected chi connectivity index (χ4v) is 3.43. The zero-order chi connectivity index (χ0) is 20.1. The Labute approximate surface area is 160 Å². The van der Waals surface area contributed by atoms with Crippen LogP contribution in [0, 0.1) is 13.8 Å². The maximum atomic E-state index is 12.3. The number of hydrogen-bond acceptors (Lipinski definition) is 7. The molecule has 8 nitrogen and oxygen atoms in total. The molecule has 2 heterocycles. The summed E-state index contributed by atoms with van der Waals surface area (Å²) in [7, 11) is 3.04. The maximum absolute atomic E-state index is 12.3. The maximum Gasteiger partial charge on any atom is 0.348 e. The summed E-state index contributed by atoms with van der Waals surface area (Å²) >= 11 is 0.977. The van der Waals surface area contributed by atoms with Crippen molar-refractivity contribution < 1.29 is 23.9 Å². The van der Waals surface area contributed by atoms with E-state index in [1.165, 1.54) is 13.2 Å². The lowest BCUT2D eigenvalue weighted by Crippen LogP contribution is -2.11. The lowest BCUT2D eigenvalue weighted by molar-refractivity contribution is -0.111. The topological polar surface area (TPSA) is 99.5 Å². The molecule has 2 aromatic heterocycles. The fourth-order valence-electron chi connectivity index (χ4n) is 2.34. The highest BCUT2D eigenvalue weighted by Gasteiger charge is 2.26. The van der Waals surface area contributed by atoms with Crippen molar-refractivity contribution in [2.24, 2.45) is 7.05 Å². The largest absolute Gasteiger partial charge is 0.465 e. The second-order valence-electron chi connectivity index (χ2n) is 5.60. The van der Waals surface area contributed by atoms with E-state index in [2.05, 4.69) is 10.4 Å². The Morgan fingerprint density at radius 3 is 2.56 bits per heavy atom. The summed E-state index contributed by atoms with van der Waals surface area (Å²) < 4.78 is 11.5. The van der Waals surface area contributed by atoms with Crippen molar-refractivity contribution in [1.82, 2.24) is 9.78 Å². The number of nitrogens with zero attached hydrogens (tertiary/aromatic N) is 2. The molecule has 0 saturated heterocycles. The van der Waals surface area contributed by atoms with Crippen LogP contribution in [-0.4, -0.2) is 41.3 Å². The summed E-state index contributed by atoms with van der Waals surface area (Å²) in [6, 6.07) is 0. The summed E-state index contributed by atoms with van der Waals surface area (Å²) in [5.74, 6) is -1.63. The van der Waals surface area contributed by atoms with Crippen molar-refractivity contribution in [2.75, 3.05) is 19.0 Å². The smallest absolute Gasteiger partial charge is 0.348 e. The third-order valence-electron chi connectivity index (χ3n) is 3.92. The van der Waals surface area contributed by atoms with Crippen LogP contribution >= 0.6 is 11.3 Å². The van der Waals surface area contributed by atoms with Gasteiger partial charge in [0, 0.05) is 24.4 Å². The van der Waals surface area contributed by atoms with Gasteiger partial charge in [0.1, 0.15) is 9.88 Å². The lowest BCUT2D eigenvalue weighted by atomic mass is 10.1. The molecule has 0 saturated carbocycles. The predicted molar refractivity (Wildman–Crippen MR) is 102 cm³/mol. The van der Waals surface area contributed by atoms with E-state index in [0.29, 0.717) is 5.56 Å². The first-order chi connectivity index (χ1) is 12.8. The Balaban J connectivity index is 2.29. The molecule has 0 aliphatic rings. The standard InChI is InChI=1S/C18H21N3O5S/c1-6-26-18(24)15-10(2)14(17(23)25-5)16(27-15)20-13(22)8-7-12-9-19-21(4)11(12)3/h7-9H,6H2,1-5H3,(H,20,22). The highest BCUT2D eigenvalue weighted by Crippen LogP contribution is 2.34. The molecule has 0 atom stereocenters. The molecule has 144 valence electrons. The Bertz CT molecular complexity index is 910. The van der Waals surface area contributed by atoms with Gasteiger partial charge in [-0.15, -0.1) is 11.3 Å². The molecule has 0 aliphatic carbocycles. The molecule has 1 N–H and O–H groups in total. The number of hydrogen-bond donors (Lipinski definition) is 1. The number of aryl methyl sites for hydroxylation is 1. The van der Waals surface area contributed by atoms with E-state index in [4.69, 9.17) is 9.47 Å². The molecule has 27 heavy (non-hydrogen) atoms. The first kappa shape index (κ1) is 20.4. The van der Waals surface area contributed by atoms with E-state index in [1.54, 1.807) is 37.8 Å². The highest BCUT2D eigenvalue weighted by molar-refractivity contribution is 7.18. The lowest BCUT2D eigenvalue weighted by Gasteiger charge is -2.04. The van der Waals surface area contributed by atoms with E-state index in [1.807, 2.05) is 6.92 Å². The Hall–Kier alpha value is -2.94. The quantitative estimate of drug-likeness (QED) is 0.600. The Kier molecular flexibility index (Phi) is 6.51. The number of carbonyl (C=O) groups is 3. The van der Waals surface area contributed by atoms with Crippen molar-refractivity contribution in [2.45, 2.75) is 20.8 Å². The van der Waals surface area contributed by atoms with Gasteiger partial charge in [-0.25, -0.2) is 9.59 Å².